The second-order valence-corrected chi connectivity index (χ2v) is 6.04. The van der Waals surface area contributed by atoms with E-state index in [0.29, 0.717) is 12.5 Å². The third kappa shape index (κ3) is 2.29. The molecule has 0 amide bonds. The molecule has 5 heteroatoms. The molecule has 0 radical (unpaired) electrons. The number of rotatable bonds is 3. The summed E-state index contributed by atoms with van der Waals surface area (Å²) in [4.78, 5) is 19.4. The summed E-state index contributed by atoms with van der Waals surface area (Å²) in [6.45, 7) is 1.76. The van der Waals surface area contributed by atoms with E-state index < -0.39 is 0 Å². The van der Waals surface area contributed by atoms with Gasteiger partial charge in [-0.2, -0.15) is 0 Å². The molecule has 4 nitrogen and oxygen atoms in total. The van der Waals surface area contributed by atoms with Gasteiger partial charge in [0.1, 0.15) is 0 Å². The number of ketones is 1. The lowest BCUT2D eigenvalue weighted by atomic mass is 10.0. The SMILES string of the molecule is CN(CC1CCCO1)c1nc2c(s1)C(=O)CCC2. The Morgan fingerprint density at radius 1 is 1.44 bits per heavy atom. The van der Waals surface area contributed by atoms with Crippen LogP contribution in [0, 0.1) is 0 Å². The van der Waals surface area contributed by atoms with Crippen LogP contribution in [0.5, 0.6) is 0 Å². The maximum Gasteiger partial charge on any atom is 0.186 e. The van der Waals surface area contributed by atoms with Crippen LogP contribution in [-0.2, 0) is 11.2 Å². The van der Waals surface area contributed by atoms with Crippen molar-refractivity contribution in [2.45, 2.75) is 38.2 Å². The lowest BCUT2D eigenvalue weighted by molar-refractivity contribution is 0.0976. The van der Waals surface area contributed by atoms with Crippen molar-refractivity contribution in [2.75, 3.05) is 25.1 Å². The highest BCUT2D eigenvalue weighted by atomic mass is 32.1. The summed E-state index contributed by atoms with van der Waals surface area (Å²) in [6.07, 6.45) is 5.20. The molecule has 0 aromatic carbocycles. The smallest absolute Gasteiger partial charge is 0.186 e. The van der Waals surface area contributed by atoms with Crippen LogP contribution in [0.2, 0.25) is 0 Å². The highest BCUT2D eigenvalue weighted by molar-refractivity contribution is 7.17. The Bertz CT molecular complexity index is 452. The van der Waals surface area contributed by atoms with E-state index in [1.807, 2.05) is 7.05 Å². The number of aryl methyl sites for hydroxylation is 1. The Kier molecular flexibility index (Phi) is 3.35. The number of anilines is 1. The summed E-state index contributed by atoms with van der Waals surface area (Å²) < 4.78 is 5.64. The van der Waals surface area contributed by atoms with Crippen molar-refractivity contribution in [3.63, 3.8) is 0 Å². The van der Waals surface area contributed by atoms with Gasteiger partial charge in [0.15, 0.2) is 10.9 Å². The summed E-state index contributed by atoms with van der Waals surface area (Å²) >= 11 is 1.54. The van der Waals surface area contributed by atoms with Crippen LogP contribution in [0.25, 0.3) is 0 Å². The van der Waals surface area contributed by atoms with Crippen LogP contribution < -0.4 is 4.90 Å². The average Bonchev–Trinajstić information content (AvgIpc) is 2.97. The molecule has 1 aliphatic heterocycles. The molecule has 0 saturated carbocycles. The molecular weight excluding hydrogens is 248 g/mol. The Morgan fingerprint density at radius 3 is 3.06 bits per heavy atom. The van der Waals surface area contributed by atoms with E-state index in [0.717, 1.165) is 54.5 Å². The Hall–Kier alpha value is -0.940. The minimum absolute atomic E-state index is 0.269. The highest BCUT2D eigenvalue weighted by Gasteiger charge is 2.25. The lowest BCUT2D eigenvalue weighted by Crippen LogP contribution is -2.28. The first-order valence-corrected chi connectivity index (χ1v) is 7.41. The number of Topliss-reactive ketones (excluding diaryl/α,β-unsaturated/α-hetero) is 1. The summed E-state index contributed by atoms with van der Waals surface area (Å²) in [6, 6.07) is 0. The third-order valence-corrected chi connectivity index (χ3v) is 4.84. The molecule has 1 aromatic rings. The van der Waals surface area contributed by atoms with E-state index in [4.69, 9.17) is 4.74 Å². The minimum atomic E-state index is 0.269. The molecular formula is C13H18N2O2S. The van der Waals surface area contributed by atoms with Crippen molar-refractivity contribution >= 4 is 22.3 Å². The van der Waals surface area contributed by atoms with E-state index in [-0.39, 0.29) is 5.78 Å². The molecule has 1 aliphatic carbocycles. The molecule has 0 bridgehead atoms. The van der Waals surface area contributed by atoms with Crippen molar-refractivity contribution in [3.05, 3.63) is 10.6 Å². The van der Waals surface area contributed by atoms with Crippen molar-refractivity contribution in [1.29, 1.82) is 0 Å². The Labute approximate surface area is 111 Å². The van der Waals surface area contributed by atoms with E-state index in [9.17, 15) is 4.79 Å². The number of fused-ring (bicyclic) bond motifs is 1. The molecule has 0 spiro atoms. The fraction of sp³-hybridized carbons (Fsp3) is 0.692. The maximum atomic E-state index is 11.8. The molecule has 2 heterocycles. The van der Waals surface area contributed by atoms with E-state index in [2.05, 4.69) is 9.88 Å². The molecule has 0 N–H and O–H groups in total. The van der Waals surface area contributed by atoms with Crippen molar-refractivity contribution in [3.8, 4) is 0 Å². The zero-order valence-electron chi connectivity index (χ0n) is 10.6. The molecule has 1 unspecified atom stereocenters. The highest BCUT2D eigenvalue weighted by Crippen LogP contribution is 2.31. The van der Waals surface area contributed by atoms with Crippen LogP contribution >= 0.6 is 11.3 Å². The number of aromatic nitrogens is 1. The molecule has 3 rings (SSSR count). The van der Waals surface area contributed by atoms with E-state index in [1.165, 1.54) is 0 Å². The van der Waals surface area contributed by atoms with Gasteiger partial charge in [0, 0.05) is 26.6 Å². The summed E-state index contributed by atoms with van der Waals surface area (Å²) in [5.74, 6) is 0.269. The maximum absolute atomic E-state index is 11.8. The van der Waals surface area contributed by atoms with E-state index >= 15 is 0 Å². The zero-order chi connectivity index (χ0) is 12.5. The zero-order valence-corrected chi connectivity index (χ0v) is 11.5. The predicted octanol–water partition coefficient (Wildman–Crippen LogP) is 2.28. The quantitative estimate of drug-likeness (QED) is 0.841. The topological polar surface area (TPSA) is 42.4 Å². The van der Waals surface area contributed by atoms with Gasteiger partial charge in [0.2, 0.25) is 0 Å². The van der Waals surface area contributed by atoms with Crippen LogP contribution in [0.15, 0.2) is 0 Å². The average molecular weight is 266 g/mol. The number of hydrogen-bond acceptors (Lipinski definition) is 5. The number of carbonyl (C=O) groups is 1. The predicted molar refractivity (Wildman–Crippen MR) is 71.6 cm³/mol. The number of likely N-dealkylation sites (N-methyl/N-ethyl adjacent to an activating group) is 1. The van der Waals surface area contributed by atoms with Gasteiger partial charge < -0.3 is 9.64 Å². The van der Waals surface area contributed by atoms with Gasteiger partial charge in [-0.05, 0) is 25.7 Å². The van der Waals surface area contributed by atoms with Crippen LogP contribution in [0.4, 0.5) is 5.13 Å². The second-order valence-electron chi connectivity index (χ2n) is 5.06. The van der Waals surface area contributed by atoms with Crippen LogP contribution in [-0.4, -0.2) is 37.1 Å². The monoisotopic (exact) mass is 266 g/mol. The molecule has 1 atom stereocenters. The summed E-state index contributed by atoms with van der Waals surface area (Å²) in [7, 11) is 2.04. The number of carbonyl (C=O) groups excluding carboxylic acids is 1. The number of ether oxygens (including phenoxy) is 1. The Balaban J connectivity index is 1.73. The van der Waals surface area contributed by atoms with Crippen molar-refractivity contribution < 1.29 is 9.53 Å². The first kappa shape index (κ1) is 12.1. The van der Waals surface area contributed by atoms with Gasteiger partial charge >= 0.3 is 0 Å². The van der Waals surface area contributed by atoms with E-state index in [1.54, 1.807) is 11.3 Å². The molecule has 1 aromatic heterocycles. The van der Waals surface area contributed by atoms with Crippen LogP contribution in [0.3, 0.4) is 0 Å². The minimum Gasteiger partial charge on any atom is -0.376 e. The van der Waals surface area contributed by atoms with Crippen molar-refractivity contribution in [2.24, 2.45) is 0 Å². The van der Waals surface area contributed by atoms with Gasteiger partial charge in [-0.3, -0.25) is 4.79 Å². The molecule has 2 aliphatic rings. The standard InChI is InChI=1S/C13H18N2O2S/c1-15(8-9-4-3-7-17-9)13-14-10-5-2-6-11(16)12(10)18-13/h9H,2-8H2,1H3. The van der Waals surface area contributed by atoms with Gasteiger partial charge in [0.25, 0.3) is 0 Å². The Morgan fingerprint density at radius 2 is 2.33 bits per heavy atom. The first-order valence-electron chi connectivity index (χ1n) is 6.59. The summed E-state index contributed by atoms with van der Waals surface area (Å²) in [5.41, 5.74) is 1.01. The van der Waals surface area contributed by atoms with Crippen molar-refractivity contribution in [1.82, 2.24) is 4.98 Å². The van der Waals surface area contributed by atoms with Gasteiger partial charge in [-0.15, -0.1) is 0 Å². The summed E-state index contributed by atoms with van der Waals surface area (Å²) in [5, 5.41) is 0.964. The van der Waals surface area contributed by atoms with Gasteiger partial charge in [-0.1, -0.05) is 11.3 Å². The fourth-order valence-corrected chi connectivity index (χ4v) is 3.64. The van der Waals surface area contributed by atoms with Gasteiger partial charge in [0.05, 0.1) is 16.7 Å². The number of hydrogen-bond donors (Lipinski definition) is 0. The molecule has 1 saturated heterocycles. The van der Waals surface area contributed by atoms with Crippen LogP contribution in [0.1, 0.15) is 41.0 Å². The fourth-order valence-electron chi connectivity index (χ4n) is 2.59. The van der Waals surface area contributed by atoms with Gasteiger partial charge in [-0.25, -0.2) is 4.98 Å². The number of thiazole rings is 1. The normalized spacial score (nSPS) is 23.2. The third-order valence-electron chi connectivity index (χ3n) is 3.58. The molecule has 1 fully saturated rings. The largest absolute Gasteiger partial charge is 0.376 e. The second kappa shape index (κ2) is 4.97. The number of nitrogens with zero attached hydrogens (tertiary/aromatic N) is 2. The molecule has 98 valence electrons. The lowest BCUT2D eigenvalue weighted by Gasteiger charge is -2.19. The molecule has 18 heavy (non-hydrogen) atoms. The first-order chi connectivity index (χ1) is 8.74.